The van der Waals surface area contributed by atoms with Crippen LogP contribution >= 0.6 is 0 Å². The first-order chi connectivity index (χ1) is 5.99. The van der Waals surface area contributed by atoms with Crippen LogP contribution in [0.25, 0.3) is 0 Å². The molecule has 0 aromatic heterocycles. The minimum atomic E-state index is -0.907. The number of carbonyl (C=O) groups is 1. The van der Waals surface area contributed by atoms with E-state index in [1.54, 1.807) is 6.08 Å². The highest BCUT2D eigenvalue weighted by atomic mass is 16.3. The van der Waals surface area contributed by atoms with E-state index in [9.17, 15) is 9.90 Å². The molecule has 1 unspecified atom stereocenters. The van der Waals surface area contributed by atoms with Gasteiger partial charge in [-0.15, -0.1) is 0 Å². The largest absolute Gasteiger partial charge is 0.392 e. The van der Waals surface area contributed by atoms with Crippen LogP contribution in [-0.2, 0) is 4.79 Å². The summed E-state index contributed by atoms with van der Waals surface area (Å²) < 4.78 is 0. The molecule has 3 heteroatoms. The predicted octanol–water partition coefficient (Wildman–Crippen LogP) is 0.655. The molecule has 13 heavy (non-hydrogen) atoms. The normalized spacial score (nSPS) is 29.3. The molecule has 1 aliphatic rings. The second-order valence-electron chi connectivity index (χ2n) is 3.95. The van der Waals surface area contributed by atoms with Crippen LogP contribution in [0.5, 0.6) is 0 Å². The molecular formula is C10H16O3. The van der Waals surface area contributed by atoms with Gasteiger partial charge in [0.1, 0.15) is 0 Å². The fraction of sp³-hybridized carbons (Fsp3) is 0.700. The van der Waals surface area contributed by atoms with Crippen LogP contribution in [0.15, 0.2) is 11.6 Å². The summed E-state index contributed by atoms with van der Waals surface area (Å²) in [5.41, 5.74) is -0.472. The lowest BCUT2D eigenvalue weighted by Gasteiger charge is -2.33. The Labute approximate surface area is 78.1 Å². The Bertz CT molecular complexity index is 243. The first-order valence-electron chi connectivity index (χ1n) is 4.55. The Hall–Kier alpha value is -0.670. The lowest BCUT2D eigenvalue weighted by molar-refractivity contribution is -0.124. The van der Waals surface area contributed by atoms with Gasteiger partial charge in [0, 0.05) is 12.0 Å². The van der Waals surface area contributed by atoms with Crippen molar-refractivity contribution in [1.82, 2.24) is 0 Å². The summed E-state index contributed by atoms with van der Waals surface area (Å²) in [5, 5.41) is 18.8. The molecule has 0 aliphatic heterocycles. The van der Waals surface area contributed by atoms with Gasteiger partial charge in [-0.2, -0.15) is 0 Å². The van der Waals surface area contributed by atoms with Crippen LogP contribution in [0.1, 0.15) is 26.7 Å². The van der Waals surface area contributed by atoms with Crippen LogP contribution in [-0.4, -0.2) is 28.2 Å². The standard InChI is InChI=1S/C10H16O3/c1-7(2)10(13)4-3-8(6-11)9(12)5-10/h3,7,11,13H,4-6H2,1-2H3. The zero-order chi connectivity index (χ0) is 10.1. The van der Waals surface area contributed by atoms with Crippen LogP contribution in [0.4, 0.5) is 0 Å². The van der Waals surface area contributed by atoms with Gasteiger partial charge in [0.05, 0.1) is 12.2 Å². The summed E-state index contributed by atoms with van der Waals surface area (Å²) in [6.07, 6.45) is 2.25. The number of hydrogen-bond donors (Lipinski definition) is 2. The van der Waals surface area contributed by atoms with Crippen molar-refractivity contribution in [3.8, 4) is 0 Å². The van der Waals surface area contributed by atoms with Crippen molar-refractivity contribution in [3.05, 3.63) is 11.6 Å². The molecule has 2 N–H and O–H groups in total. The molecule has 0 bridgehead atoms. The third kappa shape index (κ3) is 1.98. The third-order valence-electron chi connectivity index (χ3n) is 2.77. The van der Waals surface area contributed by atoms with Gasteiger partial charge in [0.15, 0.2) is 5.78 Å². The van der Waals surface area contributed by atoms with Gasteiger partial charge in [-0.05, 0) is 12.3 Å². The SMILES string of the molecule is CC(C)C1(O)CC=C(CO)C(=O)C1. The highest BCUT2D eigenvalue weighted by Gasteiger charge is 2.36. The Kier molecular flexibility index (Phi) is 2.88. The summed E-state index contributed by atoms with van der Waals surface area (Å²) in [6.45, 7) is 3.57. The molecule has 74 valence electrons. The Morgan fingerprint density at radius 1 is 1.62 bits per heavy atom. The van der Waals surface area contributed by atoms with Crippen LogP contribution in [0.3, 0.4) is 0 Å². The number of aliphatic hydroxyl groups is 2. The second kappa shape index (κ2) is 3.60. The molecule has 0 saturated heterocycles. The topological polar surface area (TPSA) is 57.5 Å². The van der Waals surface area contributed by atoms with Crippen LogP contribution in [0, 0.1) is 5.92 Å². The van der Waals surface area contributed by atoms with Gasteiger partial charge in [-0.25, -0.2) is 0 Å². The minimum absolute atomic E-state index is 0.0629. The smallest absolute Gasteiger partial charge is 0.163 e. The van der Waals surface area contributed by atoms with Crippen molar-refractivity contribution in [3.63, 3.8) is 0 Å². The first-order valence-corrected chi connectivity index (χ1v) is 4.55. The van der Waals surface area contributed by atoms with Crippen LogP contribution < -0.4 is 0 Å². The summed E-state index contributed by atoms with van der Waals surface area (Å²) in [5.74, 6) is -0.0714. The van der Waals surface area contributed by atoms with Gasteiger partial charge in [-0.3, -0.25) is 4.79 Å². The summed E-state index contributed by atoms with van der Waals surface area (Å²) >= 11 is 0. The van der Waals surface area contributed by atoms with Crippen LogP contribution in [0.2, 0.25) is 0 Å². The van der Waals surface area contributed by atoms with Crippen molar-refractivity contribution in [1.29, 1.82) is 0 Å². The molecule has 1 aliphatic carbocycles. The maximum absolute atomic E-state index is 11.4. The molecule has 0 spiro atoms. The number of aliphatic hydroxyl groups excluding tert-OH is 1. The molecule has 1 atom stereocenters. The van der Waals surface area contributed by atoms with Crippen molar-refractivity contribution < 1.29 is 15.0 Å². The molecule has 3 nitrogen and oxygen atoms in total. The molecular weight excluding hydrogens is 168 g/mol. The monoisotopic (exact) mass is 184 g/mol. The van der Waals surface area contributed by atoms with E-state index in [1.807, 2.05) is 13.8 Å². The zero-order valence-electron chi connectivity index (χ0n) is 8.08. The molecule has 0 saturated carbocycles. The average molecular weight is 184 g/mol. The predicted molar refractivity (Wildman–Crippen MR) is 49.2 cm³/mol. The number of hydrogen-bond acceptors (Lipinski definition) is 3. The maximum Gasteiger partial charge on any atom is 0.163 e. The molecule has 0 aromatic carbocycles. The zero-order valence-corrected chi connectivity index (χ0v) is 8.08. The molecule has 0 amide bonds. The van der Waals surface area contributed by atoms with Gasteiger partial charge >= 0.3 is 0 Å². The Morgan fingerprint density at radius 3 is 2.62 bits per heavy atom. The Balaban J connectivity index is 2.81. The Morgan fingerprint density at radius 2 is 2.23 bits per heavy atom. The average Bonchev–Trinajstić information content (AvgIpc) is 2.04. The molecule has 0 radical (unpaired) electrons. The van der Waals surface area contributed by atoms with Gasteiger partial charge in [0.2, 0.25) is 0 Å². The summed E-state index contributed by atoms with van der Waals surface area (Å²) in [6, 6.07) is 0. The van der Waals surface area contributed by atoms with E-state index in [1.165, 1.54) is 0 Å². The van der Waals surface area contributed by atoms with Gasteiger partial charge in [0.25, 0.3) is 0 Å². The molecule has 0 aromatic rings. The van der Waals surface area contributed by atoms with E-state index < -0.39 is 5.60 Å². The number of Topliss-reactive ketones (excluding diaryl/α,β-unsaturated/α-hetero) is 1. The maximum atomic E-state index is 11.4. The van der Waals surface area contributed by atoms with E-state index in [-0.39, 0.29) is 24.7 Å². The fourth-order valence-corrected chi connectivity index (χ4v) is 1.47. The van der Waals surface area contributed by atoms with Crippen molar-refractivity contribution in [2.45, 2.75) is 32.3 Å². The highest BCUT2D eigenvalue weighted by Crippen LogP contribution is 2.31. The van der Waals surface area contributed by atoms with Crippen molar-refractivity contribution in [2.24, 2.45) is 5.92 Å². The lowest BCUT2D eigenvalue weighted by Crippen LogP contribution is -2.40. The summed E-state index contributed by atoms with van der Waals surface area (Å²) in [7, 11) is 0. The number of rotatable bonds is 2. The third-order valence-corrected chi connectivity index (χ3v) is 2.77. The highest BCUT2D eigenvalue weighted by molar-refractivity contribution is 5.97. The van der Waals surface area contributed by atoms with Gasteiger partial charge in [-0.1, -0.05) is 19.9 Å². The quantitative estimate of drug-likeness (QED) is 0.662. The lowest BCUT2D eigenvalue weighted by atomic mass is 9.77. The van der Waals surface area contributed by atoms with E-state index in [0.29, 0.717) is 12.0 Å². The van der Waals surface area contributed by atoms with Gasteiger partial charge < -0.3 is 10.2 Å². The first kappa shape index (κ1) is 10.4. The van der Waals surface area contributed by atoms with E-state index in [0.717, 1.165) is 0 Å². The fourth-order valence-electron chi connectivity index (χ4n) is 1.47. The van der Waals surface area contributed by atoms with E-state index in [4.69, 9.17) is 5.11 Å². The van der Waals surface area contributed by atoms with E-state index in [2.05, 4.69) is 0 Å². The molecule has 0 fully saturated rings. The van der Waals surface area contributed by atoms with Crippen molar-refractivity contribution >= 4 is 5.78 Å². The molecule has 1 rings (SSSR count). The number of ketones is 1. The minimum Gasteiger partial charge on any atom is -0.392 e. The second-order valence-corrected chi connectivity index (χ2v) is 3.95. The number of carbonyl (C=O) groups excluding carboxylic acids is 1. The van der Waals surface area contributed by atoms with Crippen molar-refractivity contribution in [2.75, 3.05) is 6.61 Å². The van der Waals surface area contributed by atoms with E-state index >= 15 is 0 Å². The summed E-state index contributed by atoms with van der Waals surface area (Å²) in [4.78, 5) is 11.4. The molecule has 0 heterocycles.